The van der Waals surface area contributed by atoms with Crippen LogP contribution in [0.1, 0.15) is 11.1 Å². The van der Waals surface area contributed by atoms with Gasteiger partial charge in [-0.1, -0.05) is 6.07 Å². The van der Waals surface area contributed by atoms with Crippen LogP contribution in [0.2, 0.25) is 0 Å². The van der Waals surface area contributed by atoms with Crippen molar-refractivity contribution in [2.24, 2.45) is 5.73 Å². The highest BCUT2D eigenvalue weighted by Gasteiger charge is 2.06. The predicted molar refractivity (Wildman–Crippen MR) is 65.2 cm³/mol. The van der Waals surface area contributed by atoms with E-state index >= 15 is 0 Å². The van der Waals surface area contributed by atoms with E-state index in [-0.39, 0.29) is 0 Å². The van der Waals surface area contributed by atoms with Gasteiger partial charge in [-0.05, 0) is 35.5 Å². The molecule has 2 N–H and O–H groups in total. The summed E-state index contributed by atoms with van der Waals surface area (Å²) in [6.07, 6.45) is 3.35. The molecule has 5 heteroatoms. The fourth-order valence-corrected chi connectivity index (χ4v) is 2.09. The molecular formula is C12H10N4S. The molecule has 0 amide bonds. The summed E-state index contributed by atoms with van der Waals surface area (Å²) in [4.78, 5) is 9.06. The van der Waals surface area contributed by atoms with Gasteiger partial charge >= 0.3 is 0 Å². The first-order chi connectivity index (χ1) is 8.33. The fraction of sp³-hybridized carbons (Fsp3) is 0.0833. The Kier molecular flexibility index (Phi) is 3.70. The molecule has 0 radical (unpaired) electrons. The maximum atomic E-state index is 9.07. The summed E-state index contributed by atoms with van der Waals surface area (Å²) in [5.74, 6) is 0. The number of nitrogens with two attached hydrogens (primary N) is 1. The highest BCUT2D eigenvalue weighted by molar-refractivity contribution is 7.99. The molecule has 1 aromatic carbocycles. The van der Waals surface area contributed by atoms with Gasteiger partial charge in [0.2, 0.25) is 0 Å². The third kappa shape index (κ3) is 2.81. The second kappa shape index (κ2) is 5.43. The largest absolute Gasteiger partial charge is 0.326 e. The number of rotatable bonds is 3. The van der Waals surface area contributed by atoms with Crippen molar-refractivity contribution in [3.63, 3.8) is 0 Å². The Balaban J connectivity index is 2.31. The van der Waals surface area contributed by atoms with Crippen LogP contribution in [-0.2, 0) is 6.54 Å². The topological polar surface area (TPSA) is 75.6 Å². The maximum absolute atomic E-state index is 9.07. The molecule has 0 saturated carbocycles. The van der Waals surface area contributed by atoms with E-state index in [9.17, 15) is 0 Å². The van der Waals surface area contributed by atoms with E-state index in [1.807, 2.05) is 12.1 Å². The minimum atomic E-state index is 0.432. The standard InChI is InChI=1S/C12H10N4S/c13-7-9-2-3-11(10(6-9)8-14)17-12-15-4-1-5-16-12/h1-6H,7,13H2. The van der Waals surface area contributed by atoms with Crippen LogP contribution in [-0.4, -0.2) is 9.97 Å². The first-order valence-electron chi connectivity index (χ1n) is 5.01. The molecule has 0 fully saturated rings. The molecule has 0 aliphatic carbocycles. The molecule has 84 valence electrons. The number of aromatic nitrogens is 2. The summed E-state index contributed by atoms with van der Waals surface area (Å²) >= 11 is 1.37. The molecular weight excluding hydrogens is 232 g/mol. The Morgan fingerprint density at radius 3 is 2.71 bits per heavy atom. The Morgan fingerprint density at radius 1 is 1.29 bits per heavy atom. The summed E-state index contributed by atoms with van der Waals surface area (Å²) in [5.41, 5.74) is 7.08. The summed E-state index contributed by atoms with van der Waals surface area (Å²) in [6.45, 7) is 0.432. The van der Waals surface area contributed by atoms with E-state index in [1.165, 1.54) is 11.8 Å². The van der Waals surface area contributed by atoms with Crippen molar-refractivity contribution in [1.29, 1.82) is 5.26 Å². The van der Waals surface area contributed by atoms with Crippen molar-refractivity contribution in [3.8, 4) is 6.07 Å². The number of nitriles is 1. The predicted octanol–water partition coefficient (Wildman–Crippen LogP) is 1.96. The molecule has 0 bridgehead atoms. The van der Waals surface area contributed by atoms with Crippen LogP contribution in [0.25, 0.3) is 0 Å². The van der Waals surface area contributed by atoms with Gasteiger partial charge in [0.05, 0.1) is 5.56 Å². The smallest absolute Gasteiger partial charge is 0.192 e. The Bertz CT molecular complexity index is 548. The summed E-state index contributed by atoms with van der Waals surface area (Å²) < 4.78 is 0. The van der Waals surface area contributed by atoms with Gasteiger partial charge in [-0.15, -0.1) is 0 Å². The second-order valence-electron chi connectivity index (χ2n) is 3.28. The second-order valence-corrected chi connectivity index (χ2v) is 4.29. The van der Waals surface area contributed by atoms with Crippen LogP contribution >= 0.6 is 11.8 Å². The zero-order chi connectivity index (χ0) is 12.1. The van der Waals surface area contributed by atoms with Crippen molar-refractivity contribution in [2.45, 2.75) is 16.6 Å². The summed E-state index contributed by atoms with van der Waals surface area (Å²) in [7, 11) is 0. The highest BCUT2D eigenvalue weighted by Crippen LogP contribution is 2.27. The van der Waals surface area contributed by atoms with Crippen molar-refractivity contribution < 1.29 is 0 Å². The first kappa shape index (κ1) is 11.6. The quantitative estimate of drug-likeness (QED) is 0.833. The van der Waals surface area contributed by atoms with E-state index in [4.69, 9.17) is 11.0 Å². The maximum Gasteiger partial charge on any atom is 0.192 e. The monoisotopic (exact) mass is 242 g/mol. The van der Waals surface area contributed by atoms with Crippen molar-refractivity contribution in [1.82, 2.24) is 9.97 Å². The SMILES string of the molecule is N#Cc1cc(CN)ccc1Sc1ncccn1. The number of hydrogen-bond acceptors (Lipinski definition) is 5. The lowest BCUT2D eigenvalue weighted by Crippen LogP contribution is -1.97. The molecule has 4 nitrogen and oxygen atoms in total. The molecule has 0 aliphatic rings. The Morgan fingerprint density at radius 2 is 2.06 bits per heavy atom. The lowest BCUT2D eigenvalue weighted by atomic mass is 10.1. The van der Waals surface area contributed by atoms with Crippen LogP contribution in [0.15, 0.2) is 46.7 Å². The van der Waals surface area contributed by atoms with Gasteiger partial charge in [-0.2, -0.15) is 5.26 Å². The lowest BCUT2D eigenvalue weighted by Gasteiger charge is -2.04. The van der Waals surface area contributed by atoms with Gasteiger partial charge in [0.15, 0.2) is 5.16 Å². The number of nitrogens with zero attached hydrogens (tertiary/aromatic N) is 3. The van der Waals surface area contributed by atoms with Crippen LogP contribution in [0.4, 0.5) is 0 Å². The molecule has 1 aromatic heterocycles. The molecule has 0 atom stereocenters. The zero-order valence-corrected chi connectivity index (χ0v) is 9.81. The highest BCUT2D eigenvalue weighted by atomic mass is 32.2. The van der Waals surface area contributed by atoms with Gasteiger partial charge in [0, 0.05) is 23.8 Å². The van der Waals surface area contributed by atoms with Gasteiger partial charge < -0.3 is 5.73 Å². The molecule has 0 aliphatic heterocycles. The van der Waals surface area contributed by atoms with E-state index in [2.05, 4.69) is 16.0 Å². The average molecular weight is 242 g/mol. The van der Waals surface area contributed by atoms with E-state index in [0.29, 0.717) is 17.3 Å². The molecule has 17 heavy (non-hydrogen) atoms. The summed E-state index contributed by atoms with van der Waals surface area (Å²) in [6, 6.07) is 9.50. The first-order valence-corrected chi connectivity index (χ1v) is 5.83. The average Bonchev–Trinajstić information content (AvgIpc) is 2.40. The van der Waals surface area contributed by atoms with Crippen LogP contribution in [0.5, 0.6) is 0 Å². The van der Waals surface area contributed by atoms with Gasteiger partial charge in [-0.25, -0.2) is 9.97 Å². The number of benzene rings is 1. The van der Waals surface area contributed by atoms with Gasteiger partial charge in [0.25, 0.3) is 0 Å². The molecule has 2 aromatic rings. The van der Waals surface area contributed by atoms with Crippen molar-refractivity contribution in [3.05, 3.63) is 47.8 Å². The summed E-state index contributed by atoms with van der Waals surface area (Å²) in [5, 5.41) is 9.70. The van der Waals surface area contributed by atoms with Gasteiger partial charge in [-0.3, -0.25) is 0 Å². The number of hydrogen-bond donors (Lipinski definition) is 1. The minimum absolute atomic E-state index is 0.432. The zero-order valence-electron chi connectivity index (χ0n) is 9.00. The van der Waals surface area contributed by atoms with Crippen molar-refractivity contribution in [2.75, 3.05) is 0 Å². The normalized spacial score (nSPS) is 9.88. The molecule has 0 unspecified atom stereocenters. The molecule has 0 saturated heterocycles. The third-order valence-corrected chi connectivity index (χ3v) is 3.11. The third-order valence-electron chi connectivity index (χ3n) is 2.14. The Hall–Kier alpha value is -1.90. The van der Waals surface area contributed by atoms with E-state index < -0.39 is 0 Å². The fourth-order valence-electron chi connectivity index (χ4n) is 1.32. The van der Waals surface area contributed by atoms with Crippen molar-refractivity contribution >= 4 is 11.8 Å². The van der Waals surface area contributed by atoms with Crippen LogP contribution < -0.4 is 5.73 Å². The van der Waals surface area contributed by atoms with E-state index in [1.54, 1.807) is 24.5 Å². The van der Waals surface area contributed by atoms with Crippen LogP contribution in [0.3, 0.4) is 0 Å². The molecule has 2 rings (SSSR count). The van der Waals surface area contributed by atoms with Crippen LogP contribution in [0, 0.1) is 11.3 Å². The minimum Gasteiger partial charge on any atom is -0.326 e. The lowest BCUT2D eigenvalue weighted by molar-refractivity contribution is 0.966. The Labute approximate surface area is 104 Å². The van der Waals surface area contributed by atoms with E-state index in [0.717, 1.165) is 10.5 Å². The molecule has 1 heterocycles. The molecule has 0 spiro atoms. The van der Waals surface area contributed by atoms with Gasteiger partial charge in [0.1, 0.15) is 6.07 Å².